The lowest BCUT2D eigenvalue weighted by molar-refractivity contribution is 0.753. The molecule has 0 amide bonds. The molecule has 72 valence electrons. The van der Waals surface area contributed by atoms with Crippen LogP contribution in [0.4, 0.5) is 5.69 Å². The van der Waals surface area contributed by atoms with Crippen LogP contribution in [0, 0.1) is 0 Å². The monoisotopic (exact) mass is 219 g/mol. The fourth-order valence-corrected chi connectivity index (χ4v) is 1.38. The highest BCUT2D eigenvalue weighted by atomic mass is 35.5. The molecule has 0 aliphatic carbocycles. The highest BCUT2D eigenvalue weighted by molar-refractivity contribution is 6.36. The minimum Gasteiger partial charge on any atom is -0.383 e. The number of hydrazine groups is 1. The maximum atomic E-state index is 5.91. The molecule has 3 nitrogen and oxygen atoms in total. The van der Waals surface area contributed by atoms with Crippen LogP contribution in [0.15, 0.2) is 18.2 Å². The first-order chi connectivity index (χ1) is 6.24. The topological polar surface area (TPSA) is 50.1 Å². The zero-order chi connectivity index (χ0) is 9.68. The second-order valence-electron chi connectivity index (χ2n) is 2.51. The highest BCUT2D eigenvalue weighted by Gasteiger charge is 1.98. The molecule has 0 aliphatic rings. The van der Waals surface area contributed by atoms with E-state index in [0.29, 0.717) is 16.6 Å². The summed E-state index contributed by atoms with van der Waals surface area (Å²) in [5.41, 5.74) is 3.40. The van der Waals surface area contributed by atoms with Gasteiger partial charge in [-0.25, -0.2) is 0 Å². The van der Waals surface area contributed by atoms with Gasteiger partial charge in [0.25, 0.3) is 0 Å². The number of nitrogens with one attached hydrogen (secondary N) is 2. The average molecular weight is 220 g/mol. The molecular formula is C8H11Cl2N3. The van der Waals surface area contributed by atoms with Crippen molar-refractivity contribution in [1.29, 1.82) is 0 Å². The third-order valence-electron chi connectivity index (χ3n) is 1.52. The maximum Gasteiger partial charge on any atom is 0.0652 e. The van der Waals surface area contributed by atoms with Crippen LogP contribution in [-0.2, 0) is 0 Å². The van der Waals surface area contributed by atoms with E-state index in [2.05, 4.69) is 10.7 Å². The van der Waals surface area contributed by atoms with Crippen LogP contribution in [0.1, 0.15) is 0 Å². The number of halogens is 2. The van der Waals surface area contributed by atoms with Gasteiger partial charge in [-0.05, 0) is 18.2 Å². The number of anilines is 1. The number of hydrogen-bond acceptors (Lipinski definition) is 3. The van der Waals surface area contributed by atoms with Crippen molar-refractivity contribution in [2.75, 3.05) is 18.4 Å². The lowest BCUT2D eigenvalue weighted by Crippen LogP contribution is -2.28. The van der Waals surface area contributed by atoms with Crippen LogP contribution in [-0.4, -0.2) is 13.1 Å². The van der Waals surface area contributed by atoms with Gasteiger partial charge in [0.15, 0.2) is 0 Å². The van der Waals surface area contributed by atoms with Crippen molar-refractivity contribution in [2.45, 2.75) is 0 Å². The molecule has 0 aliphatic heterocycles. The molecule has 1 aromatic carbocycles. The van der Waals surface area contributed by atoms with E-state index >= 15 is 0 Å². The van der Waals surface area contributed by atoms with Crippen LogP contribution in [0.3, 0.4) is 0 Å². The van der Waals surface area contributed by atoms with Crippen LogP contribution < -0.4 is 16.6 Å². The Labute approximate surface area is 87.2 Å². The molecular weight excluding hydrogens is 209 g/mol. The van der Waals surface area contributed by atoms with Crippen molar-refractivity contribution in [3.8, 4) is 0 Å². The van der Waals surface area contributed by atoms with Gasteiger partial charge in [0.2, 0.25) is 0 Å². The zero-order valence-corrected chi connectivity index (χ0v) is 8.49. The van der Waals surface area contributed by atoms with Gasteiger partial charge in [-0.2, -0.15) is 0 Å². The van der Waals surface area contributed by atoms with Gasteiger partial charge >= 0.3 is 0 Å². The molecule has 0 aromatic heterocycles. The van der Waals surface area contributed by atoms with E-state index in [1.165, 1.54) is 0 Å². The lowest BCUT2D eigenvalue weighted by atomic mass is 10.3. The number of rotatable bonds is 4. The Hall–Kier alpha value is -0.480. The summed E-state index contributed by atoms with van der Waals surface area (Å²) in [5, 5.41) is 4.36. The summed E-state index contributed by atoms with van der Waals surface area (Å²) in [5.74, 6) is 5.11. The summed E-state index contributed by atoms with van der Waals surface area (Å²) < 4.78 is 0. The third kappa shape index (κ3) is 3.40. The summed E-state index contributed by atoms with van der Waals surface area (Å²) in [6.45, 7) is 1.40. The summed E-state index contributed by atoms with van der Waals surface area (Å²) in [6.07, 6.45) is 0. The number of nitrogens with two attached hydrogens (primary N) is 1. The molecule has 0 heterocycles. The van der Waals surface area contributed by atoms with Crippen LogP contribution in [0.5, 0.6) is 0 Å². The molecule has 0 fully saturated rings. The molecule has 0 radical (unpaired) electrons. The van der Waals surface area contributed by atoms with Crippen molar-refractivity contribution in [2.24, 2.45) is 5.84 Å². The Kier molecular flexibility index (Phi) is 4.32. The van der Waals surface area contributed by atoms with Gasteiger partial charge in [-0.15, -0.1) is 0 Å². The maximum absolute atomic E-state index is 5.91. The fourth-order valence-electron chi connectivity index (χ4n) is 0.902. The zero-order valence-electron chi connectivity index (χ0n) is 6.98. The highest BCUT2D eigenvalue weighted by Crippen LogP contribution is 2.24. The van der Waals surface area contributed by atoms with E-state index in [0.717, 1.165) is 12.2 Å². The van der Waals surface area contributed by atoms with E-state index in [-0.39, 0.29) is 0 Å². The normalized spacial score (nSPS) is 10.1. The molecule has 0 saturated carbocycles. The van der Waals surface area contributed by atoms with Crippen LogP contribution >= 0.6 is 23.2 Å². The van der Waals surface area contributed by atoms with Gasteiger partial charge in [0, 0.05) is 18.1 Å². The minimum atomic E-state index is 0.615. The molecule has 0 atom stereocenters. The Morgan fingerprint density at radius 3 is 2.62 bits per heavy atom. The fraction of sp³-hybridized carbons (Fsp3) is 0.250. The molecule has 5 heteroatoms. The van der Waals surface area contributed by atoms with Crippen molar-refractivity contribution in [3.63, 3.8) is 0 Å². The van der Waals surface area contributed by atoms with Crippen molar-refractivity contribution < 1.29 is 0 Å². The van der Waals surface area contributed by atoms with Crippen LogP contribution in [0.25, 0.3) is 0 Å². The minimum absolute atomic E-state index is 0.615. The average Bonchev–Trinajstić information content (AvgIpc) is 2.09. The van der Waals surface area contributed by atoms with Crippen LogP contribution in [0.2, 0.25) is 10.0 Å². The second-order valence-corrected chi connectivity index (χ2v) is 3.35. The van der Waals surface area contributed by atoms with E-state index in [1.54, 1.807) is 12.1 Å². The number of hydrogen-bond donors (Lipinski definition) is 3. The summed E-state index contributed by atoms with van der Waals surface area (Å²) in [6, 6.07) is 5.31. The van der Waals surface area contributed by atoms with E-state index < -0.39 is 0 Å². The molecule has 4 N–H and O–H groups in total. The Morgan fingerprint density at radius 2 is 2.00 bits per heavy atom. The third-order valence-corrected chi connectivity index (χ3v) is 2.06. The quantitative estimate of drug-likeness (QED) is 0.412. The predicted octanol–water partition coefficient (Wildman–Crippen LogP) is 1.87. The molecule has 13 heavy (non-hydrogen) atoms. The first kappa shape index (κ1) is 10.6. The Balaban J connectivity index is 2.56. The number of benzene rings is 1. The molecule has 0 saturated heterocycles. The lowest BCUT2D eigenvalue weighted by Gasteiger charge is -2.07. The molecule has 0 spiro atoms. The molecule has 0 unspecified atom stereocenters. The van der Waals surface area contributed by atoms with Crippen molar-refractivity contribution in [3.05, 3.63) is 28.2 Å². The van der Waals surface area contributed by atoms with Gasteiger partial charge in [-0.1, -0.05) is 23.2 Å². The Morgan fingerprint density at radius 1 is 1.23 bits per heavy atom. The van der Waals surface area contributed by atoms with E-state index in [9.17, 15) is 0 Å². The van der Waals surface area contributed by atoms with Gasteiger partial charge in [0.05, 0.1) is 10.7 Å². The van der Waals surface area contributed by atoms with Gasteiger partial charge in [-0.3, -0.25) is 11.3 Å². The molecule has 1 aromatic rings. The molecule has 1 rings (SSSR count). The molecule has 0 bridgehead atoms. The second kappa shape index (κ2) is 5.29. The first-order valence-electron chi connectivity index (χ1n) is 3.86. The first-order valence-corrected chi connectivity index (χ1v) is 4.62. The summed E-state index contributed by atoms with van der Waals surface area (Å²) in [7, 11) is 0. The smallest absolute Gasteiger partial charge is 0.0652 e. The Bertz CT molecular complexity index is 278. The SMILES string of the molecule is NNCCNc1ccc(Cl)cc1Cl. The van der Waals surface area contributed by atoms with Crippen molar-refractivity contribution >= 4 is 28.9 Å². The van der Waals surface area contributed by atoms with E-state index in [4.69, 9.17) is 29.0 Å². The van der Waals surface area contributed by atoms with Crippen molar-refractivity contribution in [1.82, 2.24) is 5.43 Å². The summed E-state index contributed by atoms with van der Waals surface area (Å²) >= 11 is 11.6. The predicted molar refractivity (Wildman–Crippen MR) is 57.1 cm³/mol. The summed E-state index contributed by atoms with van der Waals surface area (Å²) in [4.78, 5) is 0. The van der Waals surface area contributed by atoms with E-state index in [1.807, 2.05) is 6.07 Å². The standard InChI is InChI=1S/C8H11Cl2N3/c9-6-1-2-8(7(10)5-6)12-3-4-13-11/h1-2,5,12-13H,3-4,11H2. The van der Waals surface area contributed by atoms with Gasteiger partial charge < -0.3 is 5.32 Å². The largest absolute Gasteiger partial charge is 0.383 e. The van der Waals surface area contributed by atoms with Gasteiger partial charge in [0.1, 0.15) is 0 Å².